The molecule has 1 fully saturated rings. The van der Waals surface area contributed by atoms with E-state index in [9.17, 15) is 0 Å². The van der Waals surface area contributed by atoms with Crippen molar-refractivity contribution in [3.05, 3.63) is 0 Å². The Labute approximate surface area is 119 Å². The molecule has 114 valence electrons. The topological polar surface area (TPSA) is 38.5 Å². The third-order valence-electron chi connectivity index (χ3n) is 4.95. The van der Waals surface area contributed by atoms with Gasteiger partial charge in [0.15, 0.2) is 0 Å². The second-order valence-corrected chi connectivity index (χ2v) is 6.02. The fourth-order valence-corrected chi connectivity index (χ4v) is 3.58. The molecule has 1 saturated carbocycles. The fourth-order valence-electron chi connectivity index (χ4n) is 3.58. The van der Waals surface area contributed by atoms with Crippen LogP contribution in [0.2, 0.25) is 0 Å². The SMILES string of the molecule is CCC1CCC(N)C(N(CCOC)C(CC)CC)C1. The van der Waals surface area contributed by atoms with Crippen molar-refractivity contribution in [3.8, 4) is 0 Å². The summed E-state index contributed by atoms with van der Waals surface area (Å²) >= 11 is 0. The molecule has 0 aromatic rings. The zero-order valence-electron chi connectivity index (χ0n) is 13.4. The molecule has 0 aliphatic heterocycles. The third kappa shape index (κ3) is 4.73. The van der Waals surface area contributed by atoms with Crippen molar-refractivity contribution in [2.75, 3.05) is 20.3 Å². The van der Waals surface area contributed by atoms with Crippen LogP contribution in [-0.4, -0.2) is 43.3 Å². The summed E-state index contributed by atoms with van der Waals surface area (Å²) in [6.45, 7) is 8.74. The highest BCUT2D eigenvalue weighted by atomic mass is 16.5. The van der Waals surface area contributed by atoms with Crippen LogP contribution in [0.25, 0.3) is 0 Å². The fraction of sp³-hybridized carbons (Fsp3) is 1.00. The Morgan fingerprint density at radius 2 is 1.89 bits per heavy atom. The number of methoxy groups -OCH3 is 1. The Bertz CT molecular complexity index is 231. The summed E-state index contributed by atoms with van der Waals surface area (Å²) in [5, 5.41) is 0. The van der Waals surface area contributed by atoms with E-state index >= 15 is 0 Å². The van der Waals surface area contributed by atoms with Gasteiger partial charge in [-0.25, -0.2) is 0 Å². The lowest BCUT2D eigenvalue weighted by atomic mass is 9.80. The van der Waals surface area contributed by atoms with Crippen molar-refractivity contribution in [3.63, 3.8) is 0 Å². The van der Waals surface area contributed by atoms with Crippen molar-refractivity contribution in [1.82, 2.24) is 4.90 Å². The number of hydrogen-bond donors (Lipinski definition) is 1. The second kappa shape index (κ2) is 8.93. The van der Waals surface area contributed by atoms with Gasteiger partial charge in [0, 0.05) is 31.8 Å². The molecule has 3 unspecified atom stereocenters. The first kappa shape index (κ1) is 16.9. The molecule has 0 aromatic carbocycles. The van der Waals surface area contributed by atoms with Gasteiger partial charge >= 0.3 is 0 Å². The number of ether oxygens (including phenoxy) is 1. The molecular weight excluding hydrogens is 236 g/mol. The van der Waals surface area contributed by atoms with Crippen molar-refractivity contribution in [2.45, 2.75) is 77.4 Å². The molecule has 3 heteroatoms. The van der Waals surface area contributed by atoms with E-state index in [1.54, 1.807) is 7.11 Å². The maximum Gasteiger partial charge on any atom is 0.0589 e. The standard InChI is InChI=1S/C16H34N2O/c1-5-13-8-9-15(17)16(12-13)18(10-11-19-4)14(6-2)7-3/h13-16H,5-12,17H2,1-4H3. The zero-order valence-corrected chi connectivity index (χ0v) is 13.4. The van der Waals surface area contributed by atoms with Crippen LogP contribution in [0.3, 0.4) is 0 Å². The highest BCUT2D eigenvalue weighted by Gasteiger charge is 2.33. The third-order valence-corrected chi connectivity index (χ3v) is 4.95. The van der Waals surface area contributed by atoms with Gasteiger partial charge in [-0.05, 0) is 38.0 Å². The minimum atomic E-state index is 0.347. The van der Waals surface area contributed by atoms with E-state index in [2.05, 4.69) is 25.7 Å². The van der Waals surface area contributed by atoms with Crippen molar-refractivity contribution >= 4 is 0 Å². The molecule has 0 radical (unpaired) electrons. The van der Waals surface area contributed by atoms with Gasteiger partial charge in [0.05, 0.1) is 6.61 Å². The molecule has 1 aliphatic rings. The highest BCUT2D eigenvalue weighted by molar-refractivity contribution is 4.91. The average molecular weight is 270 g/mol. The van der Waals surface area contributed by atoms with E-state index in [1.807, 2.05) is 0 Å². The zero-order chi connectivity index (χ0) is 14.3. The summed E-state index contributed by atoms with van der Waals surface area (Å²) < 4.78 is 5.31. The Morgan fingerprint density at radius 1 is 1.21 bits per heavy atom. The number of hydrogen-bond acceptors (Lipinski definition) is 3. The lowest BCUT2D eigenvalue weighted by molar-refractivity contribution is 0.0410. The number of rotatable bonds is 8. The smallest absolute Gasteiger partial charge is 0.0589 e. The molecule has 0 spiro atoms. The Kier molecular flexibility index (Phi) is 7.96. The molecule has 3 atom stereocenters. The van der Waals surface area contributed by atoms with Crippen molar-refractivity contribution in [1.29, 1.82) is 0 Å². The molecule has 0 saturated heterocycles. The predicted molar refractivity (Wildman–Crippen MR) is 82.3 cm³/mol. The normalized spacial score (nSPS) is 28.3. The van der Waals surface area contributed by atoms with Crippen LogP contribution >= 0.6 is 0 Å². The minimum absolute atomic E-state index is 0.347. The average Bonchev–Trinajstić information content (AvgIpc) is 2.44. The van der Waals surface area contributed by atoms with Gasteiger partial charge in [-0.1, -0.05) is 27.2 Å². The molecule has 0 heterocycles. The van der Waals surface area contributed by atoms with Crippen molar-refractivity contribution in [2.24, 2.45) is 11.7 Å². The minimum Gasteiger partial charge on any atom is -0.383 e. The monoisotopic (exact) mass is 270 g/mol. The van der Waals surface area contributed by atoms with Crippen LogP contribution in [0, 0.1) is 5.92 Å². The lowest BCUT2D eigenvalue weighted by Crippen LogP contribution is -2.55. The Morgan fingerprint density at radius 3 is 2.42 bits per heavy atom. The summed E-state index contributed by atoms with van der Waals surface area (Å²) in [5.74, 6) is 0.865. The predicted octanol–water partition coefficient (Wildman–Crippen LogP) is 3.03. The van der Waals surface area contributed by atoms with E-state index in [4.69, 9.17) is 10.5 Å². The molecule has 2 N–H and O–H groups in total. The van der Waals surface area contributed by atoms with Gasteiger partial charge in [0.25, 0.3) is 0 Å². The summed E-state index contributed by atoms with van der Waals surface area (Å²) in [7, 11) is 1.79. The first-order valence-corrected chi connectivity index (χ1v) is 8.18. The molecule has 0 bridgehead atoms. The van der Waals surface area contributed by atoms with E-state index in [1.165, 1.54) is 38.5 Å². The summed E-state index contributed by atoms with van der Waals surface area (Å²) in [4.78, 5) is 2.65. The molecule has 0 aromatic heterocycles. The van der Waals surface area contributed by atoms with Crippen molar-refractivity contribution < 1.29 is 4.74 Å². The van der Waals surface area contributed by atoms with Gasteiger partial charge in [-0.15, -0.1) is 0 Å². The maximum atomic E-state index is 6.43. The highest BCUT2D eigenvalue weighted by Crippen LogP contribution is 2.31. The summed E-state index contributed by atoms with van der Waals surface area (Å²) in [6.07, 6.45) is 7.49. The van der Waals surface area contributed by atoms with Crippen LogP contribution in [0.5, 0.6) is 0 Å². The summed E-state index contributed by atoms with van der Waals surface area (Å²) in [6, 6.07) is 1.56. The Hall–Kier alpha value is -0.120. The van der Waals surface area contributed by atoms with Gasteiger partial charge < -0.3 is 10.5 Å². The molecule has 1 aliphatic carbocycles. The molecule has 0 amide bonds. The van der Waals surface area contributed by atoms with E-state index in [-0.39, 0.29) is 0 Å². The summed E-state index contributed by atoms with van der Waals surface area (Å²) in [5.41, 5.74) is 6.43. The van der Waals surface area contributed by atoms with Crippen LogP contribution in [0.1, 0.15) is 59.3 Å². The van der Waals surface area contributed by atoms with E-state index in [0.717, 1.165) is 19.1 Å². The molecule has 1 rings (SSSR count). The van der Waals surface area contributed by atoms with Gasteiger partial charge in [0.1, 0.15) is 0 Å². The van der Waals surface area contributed by atoms with Crippen LogP contribution in [-0.2, 0) is 4.74 Å². The number of nitrogens with two attached hydrogens (primary N) is 1. The van der Waals surface area contributed by atoms with Gasteiger partial charge in [-0.3, -0.25) is 4.90 Å². The molecular formula is C16H34N2O. The van der Waals surface area contributed by atoms with Crippen LogP contribution in [0.4, 0.5) is 0 Å². The Balaban J connectivity index is 2.74. The quantitative estimate of drug-likeness (QED) is 0.737. The van der Waals surface area contributed by atoms with Crippen LogP contribution in [0.15, 0.2) is 0 Å². The lowest BCUT2D eigenvalue weighted by Gasteiger charge is -2.44. The first-order chi connectivity index (χ1) is 9.17. The largest absolute Gasteiger partial charge is 0.383 e. The molecule has 19 heavy (non-hydrogen) atoms. The number of nitrogens with zero attached hydrogens (tertiary/aromatic N) is 1. The maximum absolute atomic E-state index is 6.43. The van der Waals surface area contributed by atoms with E-state index in [0.29, 0.717) is 18.1 Å². The first-order valence-electron chi connectivity index (χ1n) is 8.18. The van der Waals surface area contributed by atoms with Gasteiger partial charge in [0.2, 0.25) is 0 Å². The van der Waals surface area contributed by atoms with Crippen LogP contribution < -0.4 is 5.73 Å². The van der Waals surface area contributed by atoms with E-state index < -0.39 is 0 Å². The second-order valence-electron chi connectivity index (χ2n) is 6.02. The van der Waals surface area contributed by atoms with Gasteiger partial charge in [-0.2, -0.15) is 0 Å². The molecule has 3 nitrogen and oxygen atoms in total.